The lowest BCUT2D eigenvalue weighted by Crippen LogP contribution is -2.40. The van der Waals surface area contributed by atoms with Crippen LogP contribution in [0.2, 0.25) is 0 Å². The second-order valence-corrected chi connectivity index (χ2v) is 4.34. The molecule has 92 valence electrons. The van der Waals surface area contributed by atoms with E-state index >= 15 is 0 Å². The largest absolute Gasteiger partial charge is 0.497 e. The van der Waals surface area contributed by atoms with Crippen LogP contribution in [-0.2, 0) is 10.3 Å². The number of benzene rings is 1. The zero-order valence-electron chi connectivity index (χ0n) is 10.8. The fourth-order valence-corrected chi connectivity index (χ4v) is 1.58. The maximum absolute atomic E-state index is 11.5. The van der Waals surface area contributed by atoms with Crippen LogP contribution in [0, 0.1) is 0 Å². The smallest absolute Gasteiger partial charge is 0.244 e. The summed E-state index contributed by atoms with van der Waals surface area (Å²) >= 11 is 0. The van der Waals surface area contributed by atoms with Crippen molar-refractivity contribution in [2.45, 2.75) is 26.3 Å². The second kappa shape index (κ2) is 5.53. The summed E-state index contributed by atoms with van der Waals surface area (Å²) < 4.78 is 5.10. The van der Waals surface area contributed by atoms with Crippen molar-refractivity contribution in [3.8, 4) is 5.75 Å². The number of rotatable bonds is 4. The first-order valence-electron chi connectivity index (χ1n) is 5.59. The van der Waals surface area contributed by atoms with Gasteiger partial charge in [-0.25, -0.2) is 0 Å². The van der Waals surface area contributed by atoms with E-state index in [2.05, 4.69) is 5.32 Å². The quantitative estimate of drug-likeness (QED) is 0.812. The van der Waals surface area contributed by atoms with Crippen molar-refractivity contribution < 1.29 is 9.53 Å². The van der Waals surface area contributed by atoms with Crippen molar-refractivity contribution in [3.05, 3.63) is 42.0 Å². The van der Waals surface area contributed by atoms with Gasteiger partial charge in [-0.05, 0) is 44.5 Å². The predicted molar refractivity (Wildman–Crippen MR) is 69.0 cm³/mol. The molecule has 0 heterocycles. The molecule has 1 N–H and O–H groups in total. The van der Waals surface area contributed by atoms with Crippen LogP contribution in [0.25, 0.3) is 0 Å². The molecule has 0 fully saturated rings. The molecule has 1 aromatic rings. The molecule has 0 spiro atoms. The van der Waals surface area contributed by atoms with Gasteiger partial charge in [-0.15, -0.1) is 0 Å². The van der Waals surface area contributed by atoms with Crippen LogP contribution in [0.1, 0.15) is 26.3 Å². The first-order valence-corrected chi connectivity index (χ1v) is 5.59. The lowest BCUT2D eigenvalue weighted by Gasteiger charge is -2.26. The van der Waals surface area contributed by atoms with E-state index < -0.39 is 5.54 Å². The van der Waals surface area contributed by atoms with Crippen LogP contribution in [0.3, 0.4) is 0 Å². The minimum Gasteiger partial charge on any atom is -0.497 e. The fraction of sp³-hybridized carbons (Fsp3) is 0.357. The molecule has 0 aliphatic rings. The highest BCUT2D eigenvalue weighted by Gasteiger charge is 2.21. The van der Waals surface area contributed by atoms with Gasteiger partial charge in [0.2, 0.25) is 5.91 Å². The standard InChI is InChI=1S/C14H19NO2/c1-5-6-13(16)15-14(2,3)11-7-9-12(17-4)10-8-11/h5-10H,1-4H3,(H,15,16)/b6-5+. The van der Waals surface area contributed by atoms with Gasteiger partial charge in [-0.3, -0.25) is 4.79 Å². The Labute approximate surface area is 102 Å². The highest BCUT2D eigenvalue weighted by molar-refractivity contribution is 5.88. The van der Waals surface area contributed by atoms with E-state index in [4.69, 9.17) is 4.74 Å². The third kappa shape index (κ3) is 3.63. The Balaban J connectivity index is 2.84. The van der Waals surface area contributed by atoms with Crippen molar-refractivity contribution in [2.75, 3.05) is 7.11 Å². The normalized spacial score (nSPS) is 11.5. The number of hydrogen-bond donors (Lipinski definition) is 1. The number of amides is 1. The molecule has 1 amide bonds. The van der Waals surface area contributed by atoms with Gasteiger partial charge >= 0.3 is 0 Å². The molecule has 1 aromatic carbocycles. The number of ether oxygens (including phenoxy) is 1. The molecular weight excluding hydrogens is 214 g/mol. The molecule has 0 atom stereocenters. The van der Waals surface area contributed by atoms with Crippen LogP contribution < -0.4 is 10.1 Å². The van der Waals surface area contributed by atoms with Gasteiger partial charge in [0.05, 0.1) is 12.6 Å². The first-order chi connectivity index (χ1) is 7.99. The van der Waals surface area contributed by atoms with Crippen LogP contribution in [0.15, 0.2) is 36.4 Å². The van der Waals surface area contributed by atoms with Crippen molar-refractivity contribution in [1.82, 2.24) is 5.32 Å². The van der Waals surface area contributed by atoms with Gasteiger partial charge in [-0.1, -0.05) is 18.2 Å². The van der Waals surface area contributed by atoms with E-state index in [0.717, 1.165) is 11.3 Å². The number of carbonyl (C=O) groups excluding carboxylic acids is 1. The minimum absolute atomic E-state index is 0.0895. The average Bonchev–Trinajstić information content (AvgIpc) is 2.28. The van der Waals surface area contributed by atoms with Gasteiger partial charge in [0.1, 0.15) is 5.75 Å². The highest BCUT2D eigenvalue weighted by Crippen LogP contribution is 2.22. The van der Waals surface area contributed by atoms with Gasteiger partial charge in [0.15, 0.2) is 0 Å². The van der Waals surface area contributed by atoms with Crippen molar-refractivity contribution in [2.24, 2.45) is 0 Å². The number of carbonyl (C=O) groups is 1. The summed E-state index contributed by atoms with van der Waals surface area (Å²) in [6.07, 6.45) is 3.24. The molecule has 0 aliphatic carbocycles. The maximum Gasteiger partial charge on any atom is 0.244 e. The molecule has 0 aliphatic heterocycles. The molecule has 0 saturated carbocycles. The summed E-state index contributed by atoms with van der Waals surface area (Å²) in [5, 5.41) is 2.94. The SMILES string of the molecule is C/C=C/C(=O)NC(C)(C)c1ccc(OC)cc1. The fourth-order valence-electron chi connectivity index (χ4n) is 1.58. The van der Waals surface area contributed by atoms with Crippen molar-refractivity contribution in [1.29, 1.82) is 0 Å². The Bertz CT molecular complexity index is 405. The maximum atomic E-state index is 11.5. The molecule has 3 heteroatoms. The number of nitrogens with one attached hydrogen (secondary N) is 1. The Hall–Kier alpha value is -1.77. The summed E-state index contributed by atoms with van der Waals surface area (Å²) in [6.45, 7) is 5.76. The molecule has 0 saturated heterocycles. The second-order valence-electron chi connectivity index (χ2n) is 4.34. The summed E-state index contributed by atoms with van der Waals surface area (Å²) in [5.74, 6) is 0.720. The molecule has 1 rings (SSSR count). The lowest BCUT2D eigenvalue weighted by molar-refractivity contribution is -0.118. The van der Waals surface area contributed by atoms with Crippen molar-refractivity contribution >= 4 is 5.91 Å². The van der Waals surface area contributed by atoms with E-state index in [-0.39, 0.29) is 5.91 Å². The van der Waals surface area contributed by atoms with E-state index in [1.807, 2.05) is 45.0 Å². The number of hydrogen-bond acceptors (Lipinski definition) is 2. The van der Waals surface area contributed by atoms with Crippen LogP contribution in [0.4, 0.5) is 0 Å². The molecule has 0 unspecified atom stereocenters. The topological polar surface area (TPSA) is 38.3 Å². The molecule has 0 bridgehead atoms. The van der Waals surface area contributed by atoms with Gasteiger partial charge in [0, 0.05) is 0 Å². The van der Waals surface area contributed by atoms with Gasteiger partial charge in [-0.2, -0.15) is 0 Å². The summed E-state index contributed by atoms with van der Waals surface area (Å²) in [6, 6.07) is 7.68. The van der Waals surface area contributed by atoms with E-state index in [9.17, 15) is 4.79 Å². The van der Waals surface area contributed by atoms with Gasteiger partial charge in [0.25, 0.3) is 0 Å². The average molecular weight is 233 g/mol. The zero-order chi connectivity index (χ0) is 12.9. The highest BCUT2D eigenvalue weighted by atomic mass is 16.5. The minimum atomic E-state index is -0.400. The molecule has 0 radical (unpaired) electrons. The Kier molecular flexibility index (Phi) is 4.32. The third-order valence-corrected chi connectivity index (χ3v) is 2.57. The lowest BCUT2D eigenvalue weighted by atomic mass is 9.94. The summed E-state index contributed by atoms with van der Waals surface area (Å²) in [4.78, 5) is 11.5. The van der Waals surface area contributed by atoms with Crippen molar-refractivity contribution in [3.63, 3.8) is 0 Å². The Morgan fingerprint density at radius 3 is 2.35 bits per heavy atom. The summed E-state index contributed by atoms with van der Waals surface area (Å²) in [7, 11) is 1.63. The van der Waals surface area contributed by atoms with E-state index in [1.165, 1.54) is 6.08 Å². The molecular formula is C14H19NO2. The third-order valence-electron chi connectivity index (χ3n) is 2.57. The van der Waals surface area contributed by atoms with Gasteiger partial charge < -0.3 is 10.1 Å². The molecule has 3 nitrogen and oxygen atoms in total. The van der Waals surface area contributed by atoms with E-state index in [0.29, 0.717) is 0 Å². The zero-order valence-corrected chi connectivity index (χ0v) is 10.8. The first kappa shape index (κ1) is 13.3. The van der Waals surface area contributed by atoms with Crippen LogP contribution in [0.5, 0.6) is 5.75 Å². The van der Waals surface area contributed by atoms with E-state index in [1.54, 1.807) is 13.2 Å². The van der Waals surface area contributed by atoms with Crippen LogP contribution >= 0.6 is 0 Å². The Morgan fingerprint density at radius 1 is 1.29 bits per heavy atom. The monoisotopic (exact) mass is 233 g/mol. The summed E-state index contributed by atoms with van der Waals surface area (Å²) in [5.41, 5.74) is 0.638. The Morgan fingerprint density at radius 2 is 1.88 bits per heavy atom. The number of allylic oxidation sites excluding steroid dienone is 1. The number of methoxy groups -OCH3 is 1. The van der Waals surface area contributed by atoms with Crippen LogP contribution in [-0.4, -0.2) is 13.0 Å². The molecule has 0 aromatic heterocycles. The predicted octanol–water partition coefficient (Wildman–Crippen LogP) is 2.62. The molecule has 17 heavy (non-hydrogen) atoms.